The number of hydrogen-bond acceptors (Lipinski definition) is 6. The number of esters is 2. The Hall–Kier alpha value is -2.83. The number of rotatable bonds is 8. The zero-order valence-electron chi connectivity index (χ0n) is 16.2. The van der Waals surface area contributed by atoms with E-state index < -0.39 is 35.6 Å². The number of alkyl carbamates (subject to hydrolysis) is 1. The van der Waals surface area contributed by atoms with Crippen molar-refractivity contribution >= 4 is 18.0 Å². The first-order chi connectivity index (χ1) is 12.7. The average molecular weight is 377 g/mol. The van der Waals surface area contributed by atoms with Crippen LogP contribution in [0.2, 0.25) is 0 Å². The van der Waals surface area contributed by atoms with Crippen LogP contribution in [0.1, 0.15) is 32.8 Å². The van der Waals surface area contributed by atoms with Crippen molar-refractivity contribution in [2.75, 3.05) is 7.11 Å². The standard InChI is InChI=1S/C20H27NO6/c1-6-10-15(17(22)26-13-14-11-8-7-9-12-14)16(18(23)25-5)21-19(24)27-20(2,3)4/h6-9,11-12,15-16H,1,10,13H2,2-5H3,(H,21,24)/t15-,16+/m1/s1. The fourth-order valence-corrected chi connectivity index (χ4v) is 2.27. The van der Waals surface area contributed by atoms with Gasteiger partial charge in [0, 0.05) is 0 Å². The number of methoxy groups -OCH3 is 1. The van der Waals surface area contributed by atoms with Gasteiger partial charge in [-0.05, 0) is 32.8 Å². The van der Waals surface area contributed by atoms with Crippen molar-refractivity contribution in [3.8, 4) is 0 Å². The lowest BCUT2D eigenvalue weighted by molar-refractivity contribution is -0.157. The summed E-state index contributed by atoms with van der Waals surface area (Å²) in [5, 5.41) is 2.40. The molecule has 0 aliphatic heterocycles. The Morgan fingerprint density at radius 2 is 1.78 bits per heavy atom. The van der Waals surface area contributed by atoms with Gasteiger partial charge < -0.3 is 19.5 Å². The zero-order chi connectivity index (χ0) is 20.4. The smallest absolute Gasteiger partial charge is 0.408 e. The Kier molecular flexibility index (Phi) is 8.51. The highest BCUT2D eigenvalue weighted by molar-refractivity contribution is 5.88. The lowest BCUT2D eigenvalue weighted by Crippen LogP contribution is -2.50. The molecule has 0 radical (unpaired) electrons. The maximum Gasteiger partial charge on any atom is 0.408 e. The van der Waals surface area contributed by atoms with Crippen LogP contribution in [0.4, 0.5) is 4.79 Å². The minimum Gasteiger partial charge on any atom is -0.467 e. The van der Waals surface area contributed by atoms with Gasteiger partial charge in [0.15, 0.2) is 0 Å². The molecule has 0 unspecified atom stereocenters. The van der Waals surface area contributed by atoms with E-state index in [0.29, 0.717) is 0 Å². The van der Waals surface area contributed by atoms with Gasteiger partial charge in [0.25, 0.3) is 0 Å². The van der Waals surface area contributed by atoms with E-state index in [9.17, 15) is 14.4 Å². The minimum absolute atomic E-state index is 0.0493. The van der Waals surface area contributed by atoms with Crippen molar-refractivity contribution < 1.29 is 28.6 Å². The molecule has 148 valence electrons. The Labute approximate surface area is 159 Å². The quantitative estimate of drug-likeness (QED) is 0.425. The van der Waals surface area contributed by atoms with E-state index >= 15 is 0 Å². The fraction of sp³-hybridized carbons (Fsp3) is 0.450. The number of carbonyl (C=O) groups excluding carboxylic acids is 3. The number of hydrogen-bond donors (Lipinski definition) is 1. The number of ether oxygens (including phenoxy) is 3. The van der Waals surface area contributed by atoms with E-state index in [1.807, 2.05) is 30.3 Å². The van der Waals surface area contributed by atoms with Gasteiger partial charge in [-0.15, -0.1) is 6.58 Å². The molecule has 0 saturated carbocycles. The molecular formula is C20H27NO6. The van der Waals surface area contributed by atoms with Crippen LogP contribution in [0.5, 0.6) is 0 Å². The maximum atomic E-state index is 12.6. The van der Waals surface area contributed by atoms with E-state index in [4.69, 9.17) is 14.2 Å². The zero-order valence-corrected chi connectivity index (χ0v) is 16.2. The van der Waals surface area contributed by atoms with Crippen LogP contribution in [-0.2, 0) is 30.4 Å². The first-order valence-electron chi connectivity index (χ1n) is 8.56. The first-order valence-corrected chi connectivity index (χ1v) is 8.56. The Morgan fingerprint density at radius 3 is 2.30 bits per heavy atom. The minimum atomic E-state index is -1.26. The van der Waals surface area contributed by atoms with E-state index in [1.54, 1.807) is 20.8 Å². The Balaban J connectivity index is 2.90. The highest BCUT2D eigenvalue weighted by atomic mass is 16.6. The highest BCUT2D eigenvalue weighted by Crippen LogP contribution is 2.17. The summed E-state index contributed by atoms with van der Waals surface area (Å²) in [7, 11) is 1.17. The monoisotopic (exact) mass is 377 g/mol. The third-order valence-electron chi connectivity index (χ3n) is 3.48. The summed E-state index contributed by atoms with van der Waals surface area (Å²) in [5.74, 6) is -2.42. The molecule has 0 heterocycles. The second-order valence-electron chi connectivity index (χ2n) is 6.87. The molecule has 1 aromatic carbocycles. The molecule has 7 heteroatoms. The van der Waals surface area contributed by atoms with Crippen LogP contribution < -0.4 is 5.32 Å². The third-order valence-corrected chi connectivity index (χ3v) is 3.48. The van der Waals surface area contributed by atoms with Gasteiger partial charge in [-0.3, -0.25) is 4.79 Å². The van der Waals surface area contributed by atoms with Gasteiger partial charge in [0.05, 0.1) is 13.0 Å². The molecule has 0 saturated heterocycles. The topological polar surface area (TPSA) is 90.9 Å². The van der Waals surface area contributed by atoms with Crippen LogP contribution >= 0.6 is 0 Å². The molecule has 7 nitrogen and oxygen atoms in total. The summed E-state index contributed by atoms with van der Waals surface area (Å²) >= 11 is 0. The Bertz CT molecular complexity index is 650. The molecule has 1 aromatic rings. The molecule has 1 rings (SSSR count). The molecule has 27 heavy (non-hydrogen) atoms. The molecule has 0 aromatic heterocycles. The predicted octanol–water partition coefficient (Wildman–Crippen LogP) is 2.99. The van der Waals surface area contributed by atoms with E-state index in [1.165, 1.54) is 13.2 Å². The highest BCUT2D eigenvalue weighted by Gasteiger charge is 2.37. The lowest BCUT2D eigenvalue weighted by Gasteiger charge is -2.26. The SMILES string of the molecule is C=CC[C@@H](C(=O)OCc1ccccc1)[C@H](NC(=O)OC(C)(C)C)C(=O)OC. The lowest BCUT2D eigenvalue weighted by atomic mass is 9.96. The van der Waals surface area contributed by atoms with Gasteiger partial charge in [0.2, 0.25) is 0 Å². The fourth-order valence-electron chi connectivity index (χ4n) is 2.27. The van der Waals surface area contributed by atoms with E-state index in [2.05, 4.69) is 11.9 Å². The van der Waals surface area contributed by atoms with E-state index in [-0.39, 0.29) is 13.0 Å². The number of benzene rings is 1. The second-order valence-corrected chi connectivity index (χ2v) is 6.87. The van der Waals surface area contributed by atoms with Gasteiger partial charge in [-0.2, -0.15) is 0 Å². The number of amides is 1. The normalized spacial score (nSPS) is 13.0. The predicted molar refractivity (Wildman–Crippen MR) is 99.7 cm³/mol. The first kappa shape index (κ1) is 22.2. The molecule has 1 N–H and O–H groups in total. The largest absolute Gasteiger partial charge is 0.467 e. The van der Waals surface area contributed by atoms with Crippen molar-refractivity contribution in [2.45, 2.75) is 45.4 Å². The molecule has 0 aliphatic rings. The Morgan fingerprint density at radius 1 is 1.15 bits per heavy atom. The van der Waals surface area contributed by atoms with Crippen LogP contribution in [0.3, 0.4) is 0 Å². The van der Waals surface area contributed by atoms with Crippen LogP contribution in [0, 0.1) is 5.92 Å². The van der Waals surface area contributed by atoms with Gasteiger partial charge >= 0.3 is 18.0 Å². The van der Waals surface area contributed by atoms with E-state index in [0.717, 1.165) is 5.56 Å². The number of nitrogens with one attached hydrogen (secondary N) is 1. The second kappa shape index (κ2) is 10.4. The van der Waals surface area contributed by atoms with Gasteiger partial charge in [-0.1, -0.05) is 36.4 Å². The van der Waals surface area contributed by atoms with Crippen LogP contribution in [-0.4, -0.2) is 36.8 Å². The summed E-state index contributed by atoms with van der Waals surface area (Å²) < 4.78 is 15.2. The molecule has 0 spiro atoms. The van der Waals surface area contributed by atoms with Crippen molar-refractivity contribution in [3.05, 3.63) is 48.6 Å². The third kappa shape index (κ3) is 7.94. The van der Waals surface area contributed by atoms with Gasteiger partial charge in [0.1, 0.15) is 18.2 Å². The van der Waals surface area contributed by atoms with Crippen LogP contribution in [0.15, 0.2) is 43.0 Å². The van der Waals surface area contributed by atoms with Crippen LogP contribution in [0.25, 0.3) is 0 Å². The molecule has 0 fully saturated rings. The molecule has 0 aliphatic carbocycles. The van der Waals surface area contributed by atoms with Crippen molar-refractivity contribution in [1.29, 1.82) is 0 Å². The molecule has 1 amide bonds. The summed E-state index contributed by atoms with van der Waals surface area (Å²) in [6, 6.07) is 7.87. The summed E-state index contributed by atoms with van der Waals surface area (Å²) in [4.78, 5) is 36.8. The van der Waals surface area contributed by atoms with Crippen molar-refractivity contribution in [3.63, 3.8) is 0 Å². The summed E-state index contributed by atoms with van der Waals surface area (Å²) in [6.45, 7) is 8.72. The number of allylic oxidation sites excluding steroid dienone is 1. The molecular weight excluding hydrogens is 350 g/mol. The summed E-state index contributed by atoms with van der Waals surface area (Å²) in [5.41, 5.74) is 0.0462. The van der Waals surface area contributed by atoms with Crippen molar-refractivity contribution in [2.24, 2.45) is 5.92 Å². The molecule has 0 bridgehead atoms. The molecule has 2 atom stereocenters. The van der Waals surface area contributed by atoms with Crippen molar-refractivity contribution in [1.82, 2.24) is 5.32 Å². The van der Waals surface area contributed by atoms with Gasteiger partial charge in [-0.25, -0.2) is 9.59 Å². The average Bonchev–Trinajstić information content (AvgIpc) is 2.61. The summed E-state index contributed by atoms with van der Waals surface area (Å²) in [6.07, 6.45) is 0.757. The maximum absolute atomic E-state index is 12.6. The number of carbonyl (C=O) groups is 3.